The zero-order valence-corrected chi connectivity index (χ0v) is 12.2. The number of Topliss-reactive ketones (excluding diaryl/α,β-unsaturated/α-hetero) is 1. The van der Waals surface area contributed by atoms with Gasteiger partial charge in [-0.25, -0.2) is 0 Å². The zero-order chi connectivity index (χ0) is 13.8. The quantitative estimate of drug-likeness (QED) is 0.655. The third kappa shape index (κ3) is 3.19. The fourth-order valence-electron chi connectivity index (χ4n) is 2.31. The van der Waals surface area contributed by atoms with Gasteiger partial charge in [0.05, 0.1) is 0 Å². The Balaban J connectivity index is 2.24. The molecule has 1 aromatic carbocycles. The van der Waals surface area contributed by atoms with Gasteiger partial charge in [-0.1, -0.05) is 38.3 Å². The van der Waals surface area contributed by atoms with Crippen LogP contribution in [0.25, 0.3) is 11.0 Å². The number of benzene rings is 1. The van der Waals surface area contributed by atoms with E-state index in [0.29, 0.717) is 10.8 Å². The molecule has 0 spiro atoms. The van der Waals surface area contributed by atoms with Crippen LogP contribution in [0.3, 0.4) is 0 Å². The number of rotatable bonds is 6. The Labute approximate surface area is 118 Å². The van der Waals surface area contributed by atoms with Crippen LogP contribution in [0, 0.1) is 5.92 Å². The topological polar surface area (TPSA) is 30.2 Å². The van der Waals surface area contributed by atoms with Crippen molar-refractivity contribution in [2.24, 2.45) is 5.92 Å². The zero-order valence-electron chi connectivity index (χ0n) is 11.4. The van der Waals surface area contributed by atoms with Crippen molar-refractivity contribution in [1.29, 1.82) is 0 Å². The van der Waals surface area contributed by atoms with Crippen molar-refractivity contribution < 1.29 is 9.21 Å². The van der Waals surface area contributed by atoms with Crippen LogP contribution in [0.5, 0.6) is 0 Å². The van der Waals surface area contributed by atoms with Crippen molar-refractivity contribution in [2.45, 2.75) is 39.5 Å². The third-order valence-electron chi connectivity index (χ3n) is 3.49. The summed E-state index contributed by atoms with van der Waals surface area (Å²) in [5.74, 6) is 0.638. The number of halogens is 1. The molecule has 0 radical (unpaired) electrons. The number of hydrogen-bond acceptors (Lipinski definition) is 2. The highest BCUT2D eigenvalue weighted by atomic mass is 35.5. The lowest BCUT2D eigenvalue weighted by atomic mass is 9.93. The van der Waals surface area contributed by atoms with Gasteiger partial charge in [-0.3, -0.25) is 4.79 Å². The van der Waals surface area contributed by atoms with E-state index in [4.69, 9.17) is 16.0 Å². The van der Waals surface area contributed by atoms with Crippen molar-refractivity contribution in [1.82, 2.24) is 0 Å². The summed E-state index contributed by atoms with van der Waals surface area (Å²) in [4.78, 5) is 12.4. The average molecular weight is 279 g/mol. The van der Waals surface area contributed by atoms with Crippen molar-refractivity contribution in [3.8, 4) is 0 Å². The Morgan fingerprint density at radius 3 is 2.79 bits per heavy atom. The normalized spacial score (nSPS) is 12.8. The molecule has 0 aliphatic rings. The Morgan fingerprint density at radius 1 is 1.32 bits per heavy atom. The molecule has 3 heteroatoms. The van der Waals surface area contributed by atoms with Crippen LogP contribution in [0.2, 0.25) is 5.02 Å². The van der Waals surface area contributed by atoms with E-state index < -0.39 is 0 Å². The van der Waals surface area contributed by atoms with Gasteiger partial charge in [0.15, 0.2) is 5.76 Å². The first-order valence-electron chi connectivity index (χ1n) is 6.89. The van der Waals surface area contributed by atoms with E-state index in [1.165, 1.54) is 0 Å². The number of unbranched alkanes of at least 4 members (excludes halogenated alkanes) is 1. The number of fused-ring (bicyclic) bond motifs is 1. The van der Waals surface area contributed by atoms with E-state index in [1.807, 2.05) is 6.07 Å². The fourth-order valence-corrected chi connectivity index (χ4v) is 2.49. The standard InChI is InChI=1S/C16H19ClO2/c1-3-5-6-11(4-2)16(18)15-10-12-9-13(17)7-8-14(12)19-15/h7-11H,3-6H2,1-2H3. The van der Waals surface area contributed by atoms with Crippen LogP contribution in [0.1, 0.15) is 50.1 Å². The lowest BCUT2D eigenvalue weighted by molar-refractivity contribution is 0.0882. The third-order valence-corrected chi connectivity index (χ3v) is 3.73. The van der Waals surface area contributed by atoms with Crippen molar-refractivity contribution >= 4 is 28.4 Å². The molecule has 0 amide bonds. The Morgan fingerprint density at radius 2 is 2.11 bits per heavy atom. The van der Waals surface area contributed by atoms with Gasteiger partial charge in [0.1, 0.15) is 5.58 Å². The van der Waals surface area contributed by atoms with Crippen LogP contribution in [-0.4, -0.2) is 5.78 Å². The maximum absolute atomic E-state index is 12.4. The molecule has 1 unspecified atom stereocenters. The maximum atomic E-state index is 12.4. The van der Waals surface area contributed by atoms with Gasteiger partial charge in [-0.2, -0.15) is 0 Å². The highest BCUT2D eigenvalue weighted by Gasteiger charge is 2.21. The lowest BCUT2D eigenvalue weighted by Crippen LogP contribution is -2.13. The van der Waals surface area contributed by atoms with Gasteiger partial charge in [-0.15, -0.1) is 0 Å². The number of carbonyl (C=O) groups is 1. The van der Waals surface area contributed by atoms with E-state index in [0.717, 1.165) is 36.7 Å². The SMILES string of the molecule is CCCCC(CC)C(=O)c1cc2cc(Cl)ccc2o1. The summed E-state index contributed by atoms with van der Waals surface area (Å²) in [5.41, 5.74) is 0.720. The number of furan rings is 1. The smallest absolute Gasteiger partial charge is 0.201 e. The molecule has 1 heterocycles. The summed E-state index contributed by atoms with van der Waals surface area (Å²) < 4.78 is 5.64. The molecule has 0 saturated heterocycles. The van der Waals surface area contributed by atoms with Crippen molar-refractivity contribution in [3.63, 3.8) is 0 Å². The molecule has 0 bridgehead atoms. The largest absolute Gasteiger partial charge is 0.453 e. The molecule has 2 aromatic rings. The number of hydrogen-bond donors (Lipinski definition) is 0. The Hall–Kier alpha value is -1.28. The number of carbonyl (C=O) groups excluding carboxylic acids is 1. The van der Waals surface area contributed by atoms with Gasteiger partial charge < -0.3 is 4.42 Å². The average Bonchev–Trinajstić information content (AvgIpc) is 2.82. The summed E-state index contributed by atoms with van der Waals surface area (Å²) in [6.07, 6.45) is 3.98. The summed E-state index contributed by atoms with van der Waals surface area (Å²) in [7, 11) is 0. The summed E-state index contributed by atoms with van der Waals surface area (Å²) >= 11 is 5.94. The van der Waals surface area contributed by atoms with Crippen molar-refractivity contribution in [2.75, 3.05) is 0 Å². The van der Waals surface area contributed by atoms with Crippen LogP contribution < -0.4 is 0 Å². The van der Waals surface area contributed by atoms with E-state index in [1.54, 1.807) is 18.2 Å². The molecule has 19 heavy (non-hydrogen) atoms. The predicted octanol–water partition coefficient (Wildman–Crippen LogP) is 5.49. The molecule has 2 nitrogen and oxygen atoms in total. The molecule has 2 rings (SSSR count). The van der Waals surface area contributed by atoms with Gasteiger partial charge in [-0.05, 0) is 37.1 Å². The molecule has 0 saturated carbocycles. The van der Waals surface area contributed by atoms with E-state index >= 15 is 0 Å². The minimum atomic E-state index is 0.0657. The van der Waals surface area contributed by atoms with Crippen LogP contribution in [0.4, 0.5) is 0 Å². The highest BCUT2D eigenvalue weighted by Crippen LogP contribution is 2.26. The molecule has 0 fully saturated rings. The first-order chi connectivity index (χ1) is 9.15. The molecule has 0 aliphatic carbocycles. The van der Waals surface area contributed by atoms with Crippen molar-refractivity contribution in [3.05, 3.63) is 35.0 Å². The number of ketones is 1. The molecule has 1 aromatic heterocycles. The predicted molar refractivity (Wildman–Crippen MR) is 78.9 cm³/mol. The van der Waals surface area contributed by atoms with Gasteiger partial charge in [0, 0.05) is 16.3 Å². The highest BCUT2D eigenvalue weighted by molar-refractivity contribution is 6.31. The molecule has 1 atom stereocenters. The molecular formula is C16H19ClO2. The minimum absolute atomic E-state index is 0.0657. The Kier molecular flexibility index (Phi) is 4.65. The Bertz CT molecular complexity index is 571. The lowest BCUT2D eigenvalue weighted by Gasteiger charge is -2.10. The van der Waals surface area contributed by atoms with Gasteiger partial charge in [0.2, 0.25) is 5.78 Å². The first kappa shape index (κ1) is 14.1. The van der Waals surface area contributed by atoms with Gasteiger partial charge in [0.25, 0.3) is 0 Å². The maximum Gasteiger partial charge on any atom is 0.201 e. The molecule has 0 N–H and O–H groups in total. The monoisotopic (exact) mass is 278 g/mol. The van der Waals surface area contributed by atoms with E-state index in [2.05, 4.69) is 13.8 Å². The van der Waals surface area contributed by atoms with Crippen LogP contribution in [0.15, 0.2) is 28.7 Å². The summed E-state index contributed by atoms with van der Waals surface area (Å²) in [6.45, 7) is 4.19. The van der Waals surface area contributed by atoms with Gasteiger partial charge >= 0.3 is 0 Å². The second-order valence-electron chi connectivity index (χ2n) is 4.90. The van der Waals surface area contributed by atoms with Crippen LogP contribution in [-0.2, 0) is 0 Å². The minimum Gasteiger partial charge on any atom is -0.453 e. The first-order valence-corrected chi connectivity index (χ1v) is 7.26. The second kappa shape index (κ2) is 6.25. The summed E-state index contributed by atoms with van der Waals surface area (Å²) in [6, 6.07) is 7.21. The van der Waals surface area contributed by atoms with Crippen LogP contribution >= 0.6 is 11.6 Å². The second-order valence-corrected chi connectivity index (χ2v) is 5.34. The van der Waals surface area contributed by atoms with E-state index in [9.17, 15) is 4.79 Å². The summed E-state index contributed by atoms with van der Waals surface area (Å²) in [5, 5.41) is 1.55. The molecule has 102 valence electrons. The molecule has 0 aliphatic heterocycles. The fraction of sp³-hybridized carbons (Fsp3) is 0.438. The molecular weight excluding hydrogens is 260 g/mol. The van der Waals surface area contributed by atoms with E-state index in [-0.39, 0.29) is 11.7 Å².